The van der Waals surface area contributed by atoms with Crippen LogP contribution in [0.4, 0.5) is 4.39 Å². The molecule has 0 unspecified atom stereocenters. The van der Waals surface area contributed by atoms with Crippen LogP contribution in [0.15, 0.2) is 28.7 Å². The molecular formula is C15H14BrFN2O. The molecule has 0 spiro atoms. The van der Waals surface area contributed by atoms with Crippen molar-refractivity contribution in [3.05, 3.63) is 51.4 Å². The quantitative estimate of drug-likeness (QED) is 0.929. The third-order valence-electron chi connectivity index (χ3n) is 3.41. The first-order valence-corrected chi connectivity index (χ1v) is 7.31. The van der Waals surface area contributed by atoms with Crippen molar-refractivity contribution in [2.45, 2.75) is 25.8 Å². The topological polar surface area (TPSA) is 48.1 Å². The van der Waals surface area contributed by atoms with E-state index in [1.54, 1.807) is 12.1 Å². The number of halogens is 2. The van der Waals surface area contributed by atoms with Gasteiger partial charge in [-0.2, -0.15) is 0 Å². The fraction of sp³-hybridized carbons (Fsp3) is 0.267. The maximum absolute atomic E-state index is 13.8. The molecule has 0 saturated carbocycles. The molecule has 3 rings (SSSR count). The molecular weight excluding hydrogens is 323 g/mol. The van der Waals surface area contributed by atoms with Gasteiger partial charge in [0.25, 0.3) is 0 Å². The summed E-state index contributed by atoms with van der Waals surface area (Å²) in [6, 6.07) is 6.60. The van der Waals surface area contributed by atoms with Crippen molar-refractivity contribution in [2.75, 3.05) is 0 Å². The van der Waals surface area contributed by atoms with Crippen LogP contribution in [-0.2, 0) is 19.4 Å². The molecule has 104 valence electrons. The number of nitrogens with zero attached hydrogens (tertiary/aromatic N) is 1. The van der Waals surface area contributed by atoms with Gasteiger partial charge in [0.2, 0.25) is 5.88 Å². The predicted molar refractivity (Wildman–Crippen MR) is 78.3 cm³/mol. The van der Waals surface area contributed by atoms with Crippen LogP contribution in [0.5, 0.6) is 11.6 Å². The Bertz CT molecular complexity index is 661. The van der Waals surface area contributed by atoms with Crippen LogP contribution in [0.1, 0.15) is 23.2 Å². The highest BCUT2D eigenvalue weighted by atomic mass is 79.9. The van der Waals surface area contributed by atoms with Gasteiger partial charge in [-0.25, -0.2) is 9.37 Å². The number of hydrogen-bond donors (Lipinski definition) is 1. The average Bonchev–Trinajstić information content (AvgIpc) is 2.89. The first-order valence-electron chi connectivity index (χ1n) is 6.52. The first-order chi connectivity index (χ1) is 9.67. The molecule has 5 heteroatoms. The molecule has 0 aliphatic heterocycles. The second kappa shape index (κ2) is 5.50. The minimum Gasteiger partial charge on any atom is -0.436 e. The summed E-state index contributed by atoms with van der Waals surface area (Å²) in [4.78, 5) is 4.51. The minimum absolute atomic E-state index is 0.152. The van der Waals surface area contributed by atoms with Crippen molar-refractivity contribution >= 4 is 15.9 Å². The van der Waals surface area contributed by atoms with Gasteiger partial charge in [-0.15, -0.1) is 0 Å². The normalized spacial score (nSPS) is 13.3. The number of hydrogen-bond acceptors (Lipinski definition) is 3. The van der Waals surface area contributed by atoms with Crippen LogP contribution in [0, 0.1) is 5.82 Å². The Morgan fingerprint density at radius 2 is 2.15 bits per heavy atom. The van der Waals surface area contributed by atoms with Crippen LogP contribution in [0.3, 0.4) is 0 Å². The van der Waals surface area contributed by atoms with Gasteiger partial charge in [-0.3, -0.25) is 0 Å². The molecule has 1 aliphatic rings. The zero-order valence-electron chi connectivity index (χ0n) is 10.8. The van der Waals surface area contributed by atoms with E-state index in [-0.39, 0.29) is 5.75 Å². The molecule has 0 saturated heterocycles. The number of ether oxygens (including phenoxy) is 1. The van der Waals surface area contributed by atoms with Crippen LogP contribution >= 0.6 is 15.9 Å². The second-order valence-corrected chi connectivity index (χ2v) is 5.71. The van der Waals surface area contributed by atoms with Crippen molar-refractivity contribution < 1.29 is 9.13 Å². The molecule has 1 heterocycles. The summed E-state index contributed by atoms with van der Waals surface area (Å²) in [6.45, 7) is 0.325. The van der Waals surface area contributed by atoms with Crippen molar-refractivity contribution in [1.29, 1.82) is 0 Å². The molecule has 1 aliphatic carbocycles. The Kier molecular flexibility index (Phi) is 3.72. The van der Waals surface area contributed by atoms with E-state index in [9.17, 15) is 4.39 Å². The number of fused-ring (bicyclic) bond motifs is 1. The van der Waals surface area contributed by atoms with E-state index < -0.39 is 5.82 Å². The van der Waals surface area contributed by atoms with E-state index in [0.717, 1.165) is 35.0 Å². The Morgan fingerprint density at radius 1 is 1.30 bits per heavy atom. The van der Waals surface area contributed by atoms with Gasteiger partial charge in [0.15, 0.2) is 11.6 Å². The molecule has 2 N–H and O–H groups in total. The Hall–Kier alpha value is -1.46. The third kappa shape index (κ3) is 2.55. The zero-order chi connectivity index (χ0) is 14.1. The largest absolute Gasteiger partial charge is 0.436 e. The summed E-state index contributed by atoms with van der Waals surface area (Å²) in [5, 5.41) is 0. The molecule has 3 nitrogen and oxygen atoms in total. The smallest absolute Gasteiger partial charge is 0.224 e. The highest BCUT2D eigenvalue weighted by Gasteiger charge is 2.18. The van der Waals surface area contributed by atoms with Gasteiger partial charge < -0.3 is 10.5 Å². The van der Waals surface area contributed by atoms with Gasteiger partial charge in [0, 0.05) is 22.3 Å². The zero-order valence-corrected chi connectivity index (χ0v) is 12.4. The number of rotatable bonds is 3. The van der Waals surface area contributed by atoms with Gasteiger partial charge >= 0.3 is 0 Å². The maximum Gasteiger partial charge on any atom is 0.224 e. The number of aromatic nitrogens is 1. The van der Waals surface area contributed by atoms with Crippen molar-refractivity contribution in [3.8, 4) is 11.6 Å². The fourth-order valence-corrected chi connectivity index (χ4v) is 2.73. The summed E-state index contributed by atoms with van der Waals surface area (Å²) in [5.74, 6) is 0.142. The van der Waals surface area contributed by atoms with Crippen LogP contribution in [-0.4, -0.2) is 4.98 Å². The molecule has 0 atom stereocenters. The molecule has 0 radical (unpaired) electrons. The molecule has 0 bridgehead atoms. The summed E-state index contributed by atoms with van der Waals surface area (Å²) in [6.07, 6.45) is 3.07. The Labute approximate surface area is 125 Å². The van der Waals surface area contributed by atoms with Gasteiger partial charge in [0.05, 0.1) is 0 Å². The Morgan fingerprint density at radius 3 is 2.95 bits per heavy atom. The van der Waals surface area contributed by atoms with Crippen molar-refractivity contribution in [2.24, 2.45) is 5.73 Å². The average molecular weight is 337 g/mol. The van der Waals surface area contributed by atoms with Crippen LogP contribution < -0.4 is 10.5 Å². The molecule has 2 aromatic rings. The minimum atomic E-state index is -0.418. The fourth-order valence-electron chi connectivity index (χ4n) is 2.39. The third-order valence-corrected chi connectivity index (χ3v) is 3.90. The highest BCUT2D eigenvalue weighted by Crippen LogP contribution is 2.31. The number of nitrogens with two attached hydrogens (primary N) is 1. The maximum atomic E-state index is 13.8. The number of benzene rings is 1. The highest BCUT2D eigenvalue weighted by molar-refractivity contribution is 9.10. The Balaban J connectivity index is 1.99. The second-order valence-electron chi connectivity index (χ2n) is 4.79. The van der Waals surface area contributed by atoms with E-state index in [4.69, 9.17) is 10.5 Å². The van der Waals surface area contributed by atoms with Crippen molar-refractivity contribution in [3.63, 3.8) is 0 Å². The lowest BCUT2D eigenvalue weighted by molar-refractivity contribution is 0.421. The van der Waals surface area contributed by atoms with Gasteiger partial charge in [-0.05, 0) is 49.1 Å². The van der Waals surface area contributed by atoms with Crippen LogP contribution in [0.2, 0.25) is 0 Å². The molecule has 0 amide bonds. The first kappa shape index (κ1) is 13.5. The molecule has 1 aromatic carbocycles. The van der Waals surface area contributed by atoms with E-state index >= 15 is 0 Å². The van der Waals surface area contributed by atoms with Gasteiger partial charge in [-0.1, -0.05) is 15.9 Å². The SMILES string of the molecule is NCc1cc2c(nc1Oc1cc(Br)ccc1F)CCC2. The number of pyridine rings is 1. The monoisotopic (exact) mass is 336 g/mol. The number of aryl methyl sites for hydroxylation is 2. The predicted octanol–water partition coefficient (Wildman–Crippen LogP) is 3.72. The van der Waals surface area contributed by atoms with Crippen LogP contribution in [0.25, 0.3) is 0 Å². The summed E-state index contributed by atoms with van der Waals surface area (Å²) < 4.78 is 20.2. The van der Waals surface area contributed by atoms with Crippen molar-refractivity contribution in [1.82, 2.24) is 4.98 Å². The lowest BCUT2D eigenvalue weighted by Gasteiger charge is -2.12. The molecule has 20 heavy (non-hydrogen) atoms. The standard InChI is InChI=1S/C15H14BrFN2O/c16-11-4-5-12(17)14(7-11)20-15-10(8-18)6-9-2-1-3-13(9)19-15/h4-7H,1-3,8,18H2. The summed E-state index contributed by atoms with van der Waals surface area (Å²) >= 11 is 3.30. The lowest BCUT2D eigenvalue weighted by atomic mass is 10.1. The van der Waals surface area contributed by atoms with E-state index in [1.807, 2.05) is 6.07 Å². The van der Waals surface area contributed by atoms with E-state index in [2.05, 4.69) is 20.9 Å². The van der Waals surface area contributed by atoms with Gasteiger partial charge in [0.1, 0.15) is 0 Å². The summed E-state index contributed by atoms with van der Waals surface area (Å²) in [7, 11) is 0. The molecule has 1 aromatic heterocycles. The van der Waals surface area contributed by atoms with E-state index in [0.29, 0.717) is 12.4 Å². The lowest BCUT2D eigenvalue weighted by Crippen LogP contribution is -2.04. The van der Waals surface area contributed by atoms with E-state index in [1.165, 1.54) is 11.6 Å². The molecule has 0 fully saturated rings. The summed E-state index contributed by atoms with van der Waals surface area (Å²) in [5.41, 5.74) is 8.82.